The Morgan fingerprint density at radius 2 is 1.74 bits per heavy atom. The fourth-order valence-electron chi connectivity index (χ4n) is 5.92. The van der Waals surface area contributed by atoms with Gasteiger partial charge in [0, 0.05) is 17.7 Å². The van der Waals surface area contributed by atoms with Gasteiger partial charge >= 0.3 is 0 Å². The molecule has 3 heteroatoms. The van der Waals surface area contributed by atoms with Gasteiger partial charge in [-0.05, 0) is 75.2 Å². The number of hydrogen-bond donors (Lipinski definition) is 2. The number of hydrogen-bond acceptors (Lipinski definition) is 2. The maximum atomic E-state index is 5.78. The van der Waals surface area contributed by atoms with Crippen LogP contribution in [0.25, 0.3) is 0 Å². The van der Waals surface area contributed by atoms with Crippen LogP contribution in [0.3, 0.4) is 0 Å². The highest BCUT2D eigenvalue weighted by Gasteiger charge is 2.53. The van der Waals surface area contributed by atoms with Gasteiger partial charge in [-0.3, -0.25) is 5.10 Å². The second-order valence-corrected chi connectivity index (χ2v) is 7.41. The molecular weight excluding hydrogens is 234 g/mol. The lowest BCUT2D eigenvalue weighted by atomic mass is 9.47. The number of nitrogens with one attached hydrogen (secondary N) is 1. The molecule has 4 bridgehead atoms. The lowest BCUT2D eigenvalue weighted by Crippen LogP contribution is -2.49. The molecule has 0 radical (unpaired) electrons. The summed E-state index contributed by atoms with van der Waals surface area (Å²) in [7, 11) is 0. The van der Waals surface area contributed by atoms with Gasteiger partial charge in [0.1, 0.15) is 0 Å². The van der Waals surface area contributed by atoms with E-state index in [2.05, 4.69) is 17.1 Å². The summed E-state index contributed by atoms with van der Waals surface area (Å²) in [5, 5.41) is 7.80. The number of nitrogens with two attached hydrogens (primary N) is 1. The monoisotopic (exact) mass is 259 g/mol. The Morgan fingerprint density at radius 1 is 1.16 bits per heavy atom. The maximum absolute atomic E-state index is 5.78. The molecule has 4 saturated carbocycles. The van der Waals surface area contributed by atoms with E-state index in [9.17, 15) is 0 Å². The standard InChI is InChI=1S/C16H25N3/c1-10-15(14(2-3-17)19-18-10)16-7-11-4-12(8-16)6-13(5-11)9-16/h11-13H,2-9,17H2,1H3,(H,18,19). The van der Waals surface area contributed by atoms with Gasteiger partial charge in [-0.1, -0.05) is 0 Å². The molecule has 1 heterocycles. The zero-order valence-electron chi connectivity index (χ0n) is 11.9. The van der Waals surface area contributed by atoms with Gasteiger partial charge < -0.3 is 5.73 Å². The van der Waals surface area contributed by atoms with Crippen LogP contribution in [0, 0.1) is 24.7 Å². The zero-order valence-corrected chi connectivity index (χ0v) is 11.9. The van der Waals surface area contributed by atoms with Gasteiger partial charge in [0.05, 0.1) is 5.69 Å². The lowest BCUT2D eigenvalue weighted by Gasteiger charge is -2.57. The van der Waals surface area contributed by atoms with E-state index >= 15 is 0 Å². The van der Waals surface area contributed by atoms with Gasteiger partial charge in [0.2, 0.25) is 0 Å². The molecule has 1 aromatic heterocycles. The first-order chi connectivity index (χ1) is 9.20. The van der Waals surface area contributed by atoms with Crippen LogP contribution in [-0.2, 0) is 11.8 Å². The molecule has 104 valence electrons. The summed E-state index contributed by atoms with van der Waals surface area (Å²) in [6, 6.07) is 0. The predicted molar refractivity (Wildman–Crippen MR) is 75.9 cm³/mol. The number of H-pyrrole nitrogens is 1. The maximum Gasteiger partial charge on any atom is 0.0675 e. The van der Waals surface area contributed by atoms with Crippen molar-refractivity contribution in [1.82, 2.24) is 10.2 Å². The Labute approximate surface area is 115 Å². The third-order valence-electron chi connectivity index (χ3n) is 5.97. The van der Waals surface area contributed by atoms with Crippen molar-refractivity contribution < 1.29 is 0 Å². The van der Waals surface area contributed by atoms with Crippen molar-refractivity contribution in [3.8, 4) is 0 Å². The summed E-state index contributed by atoms with van der Waals surface area (Å²) in [6.45, 7) is 2.92. The third kappa shape index (κ3) is 1.70. The molecule has 3 N–H and O–H groups in total. The zero-order chi connectivity index (χ0) is 13.0. The van der Waals surface area contributed by atoms with Crippen molar-refractivity contribution in [3.05, 3.63) is 17.0 Å². The Balaban J connectivity index is 1.77. The predicted octanol–water partition coefficient (Wildman–Crippen LogP) is 2.69. The van der Waals surface area contributed by atoms with Crippen molar-refractivity contribution in [1.29, 1.82) is 0 Å². The first-order valence-electron chi connectivity index (χ1n) is 7.94. The Morgan fingerprint density at radius 3 is 2.26 bits per heavy atom. The summed E-state index contributed by atoms with van der Waals surface area (Å²) >= 11 is 0. The van der Waals surface area contributed by atoms with Crippen molar-refractivity contribution >= 4 is 0 Å². The van der Waals surface area contributed by atoms with E-state index in [-0.39, 0.29) is 0 Å². The molecule has 5 rings (SSSR count). The molecule has 4 aliphatic carbocycles. The van der Waals surface area contributed by atoms with Crippen LogP contribution in [0.2, 0.25) is 0 Å². The first-order valence-corrected chi connectivity index (χ1v) is 7.94. The van der Waals surface area contributed by atoms with E-state index < -0.39 is 0 Å². The van der Waals surface area contributed by atoms with Gasteiger partial charge in [-0.2, -0.15) is 5.10 Å². The summed E-state index contributed by atoms with van der Waals surface area (Å²) < 4.78 is 0. The smallest absolute Gasteiger partial charge is 0.0675 e. The minimum Gasteiger partial charge on any atom is -0.330 e. The molecule has 1 aromatic rings. The lowest BCUT2D eigenvalue weighted by molar-refractivity contribution is -0.00583. The Kier molecular flexibility index (Phi) is 2.57. The molecule has 4 aliphatic rings. The molecular formula is C16H25N3. The van der Waals surface area contributed by atoms with Crippen LogP contribution < -0.4 is 5.73 Å². The number of aryl methyl sites for hydroxylation is 1. The summed E-state index contributed by atoms with van der Waals surface area (Å²) in [5.74, 6) is 2.98. The van der Waals surface area contributed by atoms with Crippen LogP contribution in [0.1, 0.15) is 55.5 Å². The van der Waals surface area contributed by atoms with E-state index in [1.807, 2.05) is 0 Å². The minimum absolute atomic E-state index is 0.455. The molecule has 0 atom stereocenters. The van der Waals surface area contributed by atoms with Crippen LogP contribution >= 0.6 is 0 Å². The average molecular weight is 259 g/mol. The topological polar surface area (TPSA) is 54.7 Å². The number of aromatic amines is 1. The molecule has 19 heavy (non-hydrogen) atoms. The van der Waals surface area contributed by atoms with E-state index in [0.717, 1.165) is 24.2 Å². The second kappa shape index (κ2) is 4.08. The normalized spacial score (nSPS) is 40.0. The van der Waals surface area contributed by atoms with Crippen molar-refractivity contribution in [3.63, 3.8) is 0 Å². The highest BCUT2D eigenvalue weighted by molar-refractivity contribution is 5.36. The van der Waals surface area contributed by atoms with E-state index in [1.54, 1.807) is 5.56 Å². The molecule has 0 aromatic carbocycles. The van der Waals surface area contributed by atoms with Crippen molar-refractivity contribution in [2.24, 2.45) is 23.5 Å². The number of aromatic nitrogens is 2. The summed E-state index contributed by atoms with van der Waals surface area (Å²) in [6.07, 6.45) is 9.68. The molecule has 0 unspecified atom stereocenters. The van der Waals surface area contributed by atoms with Gasteiger partial charge in [0.15, 0.2) is 0 Å². The van der Waals surface area contributed by atoms with E-state index in [4.69, 9.17) is 5.73 Å². The number of nitrogens with zero attached hydrogens (tertiary/aromatic N) is 1. The van der Waals surface area contributed by atoms with Crippen LogP contribution in [0.15, 0.2) is 0 Å². The molecule has 4 fully saturated rings. The number of rotatable bonds is 3. The summed E-state index contributed by atoms with van der Waals surface area (Å²) in [4.78, 5) is 0. The largest absolute Gasteiger partial charge is 0.330 e. The van der Waals surface area contributed by atoms with E-state index in [1.165, 1.54) is 49.9 Å². The average Bonchev–Trinajstić information content (AvgIpc) is 2.70. The third-order valence-corrected chi connectivity index (χ3v) is 5.97. The second-order valence-electron chi connectivity index (χ2n) is 7.41. The minimum atomic E-state index is 0.455. The highest BCUT2D eigenvalue weighted by Crippen LogP contribution is 2.61. The van der Waals surface area contributed by atoms with Gasteiger partial charge in [-0.25, -0.2) is 0 Å². The molecule has 3 nitrogen and oxygen atoms in total. The molecule has 0 saturated heterocycles. The molecule has 0 aliphatic heterocycles. The highest BCUT2D eigenvalue weighted by atomic mass is 15.1. The molecule has 0 amide bonds. The Hall–Kier alpha value is -0.830. The van der Waals surface area contributed by atoms with Crippen molar-refractivity contribution in [2.75, 3.05) is 6.54 Å². The first kappa shape index (κ1) is 12.0. The SMILES string of the molecule is Cc1[nH]nc(CCN)c1C12CC3CC(CC(C3)C1)C2. The summed E-state index contributed by atoms with van der Waals surface area (Å²) in [5.41, 5.74) is 10.4. The quantitative estimate of drug-likeness (QED) is 0.877. The fourth-order valence-corrected chi connectivity index (χ4v) is 5.92. The fraction of sp³-hybridized carbons (Fsp3) is 0.812. The van der Waals surface area contributed by atoms with Gasteiger partial charge in [-0.15, -0.1) is 0 Å². The Bertz CT molecular complexity index is 453. The molecule has 0 spiro atoms. The van der Waals surface area contributed by atoms with Crippen LogP contribution in [0.5, 0.6) is 0 Å². The van der Waals surface area contributed by atoms with E-state index in [0.29, 0.717) is 12.0 Å². The van der Waals surface area contributed by atoms with Gasteiger partial charge in [0.25, 0.3) is 0 Å². The van der Waals surface area contributed by atoms with Crippen LogP contribution in [0.4, 0.5) is 0 Å². The van der Waals surface area contributed by atoms with Crippen molar-refractivity contribution in [2.45, 2.75) is 57.3 Å². The van der Waals surface area contributed by atoms with Crippen LogP contribution in [-0.4, -0.2) is 16.7 Å².